The summed E-state index contributed by atoms with van der Waals surface area (Å²) in [7, 11) is 3.21. The lowest BCUT2D eigenvalue weighted by atomic mass is 10.0. The van der Waals surface area contributed by atoms with Crippen molar-refractivity contribution in [3.63, 3.8) is 0 Å². The normalized spacial score (nSPS) is 13.8. The van der Waals surface area contributed by atoms with Crippen molar-refractivity contribution < 1.29 is 14.3 Å². The molecule has 0 saturated heterocycles. The minimum absolute atomic E-state index is 0.139. The number of ether oxygens (including phenoxy) is 2. The quantitative estimate of drug-likeness (QED) is 0.405. The van der Waals surface area contributed by atoms with Gasteiger partial charge in [-0.2, -0.15) is 0 Å². The lowest BCUT2D eigenvalue weighted by Gasteiger charge is -2.19. The molecular weight excluding hydrogens is 452 g/mol. The molecule has 7 heteroatoms. The number of hydrogen-bond donors (Lipinski definition) is 1. The van der Waals surface area contributed by atoms with Crippen LogP contribution >= 0.6 is 0 Å². The van der Waals surface area contributed by atoms with E-state index in [2.05, 4.69) is 45.6 Å². The number of rotatable bonds is 6. The molecule has 0 atom stereocenters. The smallest absolute Gasteiger partial charge is 0.231 e. The average Bonchev–Trinajstić information content (AvgIpc) is 3.52. The summed E-state index contributed by atoms with van der Waals surface area (Å²) in [5, 5.41) is 4.25. The Morgan fingerprint density at radius 2 is 1.83 bits per heavy atom. The van der Waals surface area contributed by atoms with Crippen molar-refractivity contribution in [2.45, 2.75) is 19.3 Å². The summed E-state index contributed by atoms with van der Waals surface area (Å²) < 4.78 is 10.9. The Balaban J connectivity index is 1.23. The SMILES string of the molecule is COc1cc2ncnc(Nc3ccc4c(c3)CCN4C(=O)CC3=CCc4ccccc43)c2cc1OC. The van der Waals surface area contributed by atoms with Crippen LogP contribution in [0.2, 0.25) is 0 Å². The van der Waals surface area contributed by atoms with Crippen LogP contribution in [0.5, 0.6) is 11.5 Å². The molecule has 1 aromatic heterocycles. The number of anilines is 3. The first-order chi connectivity index (χ1) is 17.6. The van der Waals surface area contributed by atoms with Crippen LogP contribution in [0.15, 0.2) is 67.0 Å². The molecule has 0 spiro atoms. The zero-order valence-electron chi connectivity index (χ0n) is 20.2. The summed E-state index contributed by atoms with van der Waals surface area (Å²) in [4.78, 5) is 24.0. The Morgan fingerprint density at radius 3 is 2.69 bits per heavy atom. The van der Waals surface area contributed by atoms with Gasteiger partial charge in [-0.15, -0.1) is 0 Å². The van der Waals surface area contributed by atoms with Gasteiger partial charge in [0.2, 0.25) is 5.91 Å². The number of nitrogens with zero attached hydrogens (tertiary/aromatic N) is 3. The van der Waals surface area contributed by atoms with Gasteiger partial charge in [0.25, 0.3) is 0 Å². The summed E-state index contributed by atoms with van der Waals surface area (Å²) in [6, 6.07) is 18.2. The molecule has 180 valence electrons. The molecule has 1 N–H and O–H groups in total. The van der Waals surface area contributed by atoms with Crippen LogP contribution in [0, 0.1) is 0 Å². The van der Waals surface area contributed by atoms with Gasteiger partial charge in [-0.1, -0.05) is 30.3 Å². The first-order valence-electron chi connectivity index (χ1n) is 12.0. The number of methoxy groups -OCH3 is 2. The number of allylic oxidation sites excluding steroid dienone is 1. The minimum atomic E-state index is 0.139. The Morgan fingerprint density at radius 1 is 1.00 bits per heavy atom. The number of amides is 1. The van der Waals surface area contributed by atoms with Crippen molar-refractivity contribution in [3.05, 3.63) is 83.7 Å². The van der Waals surface area contributed by atoms with Crippen LogP contribution in [-0.2, 0) is 17.6 Å². The highest BCUT2D eigenvalue weighted by Gasteiger charge is 2.27. The number of benzene rings is 3. The maximum Gasteiger partial charge on any atom is 0.231 e. The van der Waals surface area contributed by atoms with Gasteiger partial charge in [-0.25, -0.2) is 9.97 Å². The second-order valence-electron chi connectivity index (χ2n) is 8.98. The van der Waals surface area contributed by atoms with E-state index in [0.717, 1.165) is 46.3 Å². The number of nitrogens with one attached hydrogen (secondary N) is 1. The van der Waals surface area contributed by atoms with E-state index in [0.29, 0.717) is 30.3 Å². The molecule has 1 amide bonds. The number of fused-ring (bicyclic) bond motifs is 3. The second-order valence-corrected chi connectivity index (χ2v) is 8.98. The Kier molecular flexibility index (Phi) is 5.52. The maximum absolute atomic E-state index is 13.2. The van der Waals surface area contributed by atoms with Crippen LogP contribution in [0.3, 0.4) is 0 Å². The van der Waals surface area contributed by atoms with Crippen LogP contribution in [0.25, 0.3) is 16.5 Å². The van der Waals surface area contributed by atoms with Crippen molar-refractivity contribution in [2.24, 2.45) is 0 Å². The predicted octanol–water partition coefficient (Wildman–Crippen LogP) is 5.31. The van der Waals surface area contributed by atoms with E-state index in [1.807, 2.05) is 35.2 Å². The molecule has 1 aliphatic heterocycles. The van der Waals surface area contributed by atoms with Gasteiger partial charge in [-0.05, 0) is 59.4 Å². The molecule has 3 aromatic carbocycles. The van der Waals surface area contributed by atoms with E-state index in [4.69, 9.17) is 9.47 Å². The summed E-state index contributed by atoms with van der Waals surface area (Å²) in [6.45, 7) is 0.694. The molecule has 6 rings (SSSR count). The number of hydrogen-bond acceptors (Lipinski definition) is 6. The van der Waals surface area contributed by atoms with Crippen LogP contribution in [0.4, 0.5) is 17.2 Å². The van der Waals surface area contributed by atoms with Crippen molar-refractivity contribution in [2.75, 3.05) is 31.0 Å². The van der Waals surface area contributed by atoms with Crippen LogP contribution < -0.4 is 19.7 Å². The van der Waals surface area contributed by atoms with E-state index in [-0.39, 0.29) is 5.91 Å². The molecule has 36 heavy (non-hydrogen) atoms. The van der Waals surface area contributed by atoms with Gasteiger partial charge in [-0.3, -0.25) is 4.79 Å². The summed E-state index contributed by atoms with van der Waals surface area (Å²) in [6.07, 6.45) is 5.86. The average molecular weight is 479 g/mol. The summed E-state index contributed by atoms with van der Waals surface area (Å²) in [5.74, 6) is 2.05. The number of carbonyl (C=O) groups excluding carboxylic acids is 1. The molecule has 0 saturated carbocycles. The molecule has 0 radical (unpaired) electrons. The summed E-state index contributed by atoms with van der Waals surface area (Å²) in [5.41, 5.74) is 7.42. The highest BCUT2D eigenvalue weighted by atomic mass is 16.5. The van der Waals surface area contributed by atoms with Crippen molar-refractivity contribution >= 4 is 39.6 Å². The Labute approximate surface area is 209 Å². The van der Waals surface area contributed by atoms with Gasteiger partial charge in [0.1, 0.15) is 12.1 Å². The molecule has 7 nitrogen and oxygen atoms in total. The fraction of sp³-hybridized carbons (Fsp3) is 0.207. The van der Waals surface area contributed by atoms with Crippen molar-refractivity contribution in [1.82, 2.24) is 9.97 Å². The molecule has 1 aliphatic carbocycles. The minimum Gasteiger partial charge on any atom is -0.493 e. The first-order valence-corrected chi connectivity index (χ1v) is 12.0. The first kappa shape index (κ1) is 22.1. The zero-order valence-corrected chi connectivity index (χ0v) is 20.2. The second kappa shape index (κ2) is 9.00. The van der Waals surface area contributed by atoms with Gasteiger partial charge < -0.3 is 19.7 Å². The Bertz CT molecular complexity index is 1530. The molecule has 0 fully saturated rings. The molecule has 2 heterocycles. The monoisotopic (exact) mass is 478 g/mol. The van der Waals surface area contributed by atoms with E-state index in [1.54, 1.807) is 14.2 Å². The Hall–Kier alpha value is -4.39. The molecule has 0 unspecified atom stereocenters. The largest absolute Gasteiger partial charge is 0.493 e. The molecule has 0 bridgehead atoms. The molecule has 2 aliphatic rings. The van der Waals surface area contributed by atoms with E-state index >= 15 is 0 Å². The van der Waals surface area contributed by atoms with Gasteiger partial charge >= 0.3 is 0 Å². The number of carbonyl (C=O) groups is 1. The molecular formula is C29H26N4O3. The fourth-order valence-electron chi connectivity index (χ4n) is 5.14. The van der Waals surface area contributed by atoms with Crippen molar-refractivity contribution in [1.29, 1.82) is 0 Å². The topological polar surface area (TPSA) is 76.6 Å². The third-order valence-corrected chi connectivity index (χ3v) is 6.95. The lowest BCUT2D eigenvalue weighted by Crippen LogP contribution is -2.28. The maximum atomic E-state index is 13.2. The highest BCUT2D eigenvalue weighted by molar-refractivity contribution is 6.02. The third-order valence-electron chi connectivity index (χ3n) is 6.95. The van der Waals surface area contributed by atoms with Crippen molar-refractivity contribution in [3.8, 4) is 11.5 Å². The third kappa shape index (κ3) is 3.82. The van der Waals surface area contributed by atoms with E-state index in [1.165, 1.54) is 17.5 Å². The zero-order chi connectivity index (χ0) is 24.6. The van der Waals surface area contributed by atoms with E-state index in [9.17, 15) is 4.79 Å². The van der Waals surface area contributed by atoms with Gasteiger partial charge in [0.05, 0.1) is 26.2 Å². The fourth-order valence-corrected chi connectivity index (χ4v) is 5.14. The predicted molar refractivity (Wildman–Crippen MR) is 141 cm³/mol. The number of aromatic nitrogens is 2. The molecule has 4 aromatic rings. The van der Waals surface area contributed by atoms with Gasteiger partial charge in [0.15, 0.2) is 11.5 Å². The summed E-state index contributed by atoms with van der Waals surface area (Å²) >= 11 is 0. The standard InChI is InChI=1S/C29H26N4O3/c1-35-26-15-23-24(16-27(26)36-2)30-17-31-29(23)32-21-9-10-25-20(13-21)11-12-33(25)28(34)14-19-8-7-18-5-3-4-6-22(18)19/h3-6,8-10,13,15-17H,7,11-12,14H2,1-2H3,(H,30,31,32). The van der Waals surface area contributed by atoms with E-state index < -0.39 is 0 Å². The van der Waals surface area contributed by atoms with Gasteiger partial charge in [0, 0.05) is 29.4 Å². The highest BCUT2D eigenvalue weighted by Crippen LogP contribution is 2.37. The van der Waals surface area contributed by atoms with Crippen LogP contribution in [-0.4, -0.2) is 36.6 Å². The van der Waals surface area contributed by atoms with Crippen LogP contribution in [0.1, 0.15) is 23.1 Å². The lowest BCUT2D eigenvalue weighted by molar-refractivity contribution is -0.117.